The number of ether oxygens (including phenoxy) is 2. The minimum absolute atomic E-state index is 0.0981. The van der Waals surface area contributed by atoms with E-state index in [1.807, 2.05) is 6.07 Å². The average Bonchev–Trinajstić information content (AvgIpc) is 2.27. The summed E-state index contributed by atoms with van der Waals surface area (Å²) < 4.78 is 10.4. The second-order valence-corrected chi connectivity index (χ2v) is 3.54. The number of aliphatic carboxylic acids is 1. The molecule has 1 aromatic carbocycles. The van der Waals surface area contributed by atoms with Gasteiger partial charge in [-0.25, -0.2) is 0 Å². The van der Waals surface area contributed by atoms with Crippen LogP contribution in [-0.2, 0) is 4.79 Å². The second-order valence-electron chi connectivity index (χ2n) is 3.54. The zero-order chi connectivity index (χ0) is 12.8. The van der Waals surface area contributed by atoms with Crippen LogP contribution in [0.3, 0.4) is 0 Å². The van der Waals surface area contributed by atoms with E-state index < -0.39 is 12.1 Å². The van der Waals surface area contributed by atoms with Gasteiger partial charge in [0, 0.05) is 6.07 Å². The molecule has 17 heavy (non-hydrogen) atoms. The standard InChI is InChI=1S/C12H13NO4/c1-8(3-12(14)15)17-11-5-9(7-13)4-10(6-11)16-2/h4-6,8H,3H2,1-2H3,(H,14,15)/t8-/m0/s1. The Kier molecular flexibility index (Phi) is 4.35. The highest BCUT2D eigenvalue weighted by Gasteiger charge is 2.10. The summed E-state index contributed by atoms with van der Waals surface area (Å²) in [6.07, 6.45) is -0.565. The number of rotatable bonds is 5. The number of hydrogen-bond donors (Lipinski definition) is 1. The lowest BCUT2D eigenvalue weighted by Gasteiger charge is -2.13. The van der Waals surface area contributed by atoms with Crippen LogP contribution in [0, 0.1) is 11.3 Å². The molecule has 1 aromatic rings. The van der Waals surface area contributed by atoms with Crippen molar-refractivity contribution in [1.82, 2.24) is 0 Å². The molecule has 0 radical (unpaired) electrons. The number of hydrogen-bond acceptors (Lipinski definition) is 4. The lowest BCUT2D eigenvalue weighted by atomic mass is 10.2. The first-order chi connectivity index (χ1) is 8.05. The summed E-state index contributed by atoms with van der Waals surface area (Å²) in [6, 6.07) is 6.71. The molecular weight excluding hydrogens is 222 g/mol. The van der Waals surface area contributed by atoms with Gasteiger partial charge in [-0.1, -0.05) is 0 Å². The van der Waals surface area contributed by atoms with Crippen molar-refractivity contribution in [2.24, 2.45) is 0 Å². The normalized spacial score (nSPS) is 11.4. The van der Waals surface area contributed by atoms with Crippen molar-refractivity contribution in [2.45, 2.75) is 19.4 Å². The smallest absolute Gasteiger partial charge is 0.307 e. The van der Waals surface area contributed by atoms with Crippen LogP contribution in [-0.4, -0.2) is 24.3 Å². The summed E-state index contributed by atoms with van der Waals surface area (Å²) in [5, 5.41) is 17.4. The first-order valence-corrected chi connectivity index (χ1v) is 5.02. The Morgan fingerprint density at radius 1 is 1.47 bits per heavy atom. The van der Waals surface area contributed by atoms with Gasteiger partial charge in [-0.15, -0.1) is 0 Å². The fourth-order valence-corrected chi connectivity index (χ4v) is 1.34. The Labute approximate surface area is 99.2 Å². The first kappa shape index (κ1) is 12.8. The Bertz CT molecular complexity index is 450. The molecule has 0 saturated carbocycles. The molecule has 5 nitrogen and oxygen atoms in total. The van der Waals surface area contributed by atoms with E-state index in [4.69, 9.17) is 19.8 Å². The van der Waals surface area contributed by atoms with E-state index in [-0.39, 0.29) is 6.42 Å². The van der Waals surface area contributed by atoms with Crippen molar-refractivity contribution in [2.75, 3.05) is 7.11 Å². The molecule has 1 atom stereocenters. The molecule has 0 aromatic heterocycles. The van der Waals surface area contributed by atoms with Gasteiger partial charge in [0.25, 0.3) is 0 Å². The number of carboxylic acids is 1. The van der Waals surface area contributed by atoms with Gasteiger partial charge in [-0.3, -0.25) is 4.79 Å². The maximum Gasteiger partial charge on any atom is 0.307 e. The highest BCUT2D eigenvalue weighted by Crippen LogP contribution is 2.23. The maximum absolute atomic E-state index is 10.5. The number of nitriles is 1. The van der Waals surface area contributed by atoms with Gasteiger partial charge in [-0.2, -0.15) is 5.26 Å². The third-order valence-corrected chi connectivity index (χ3v) is 2.04. The molecule has 0 spiro atoms. The number of carboxylic acid groups (broad SMARTS) is 1. The van der Waals surface area contributed by atoms with E-state index in [9.17, 15) is 4.79 Å². The molecule has 0 fully saturated rings. The summed E-state index contributed by atoms with van der Waals surface area (Å²) in [4.78, 5) is 10.5. The molecule has 90 valence electrons. The molecule has 1 N–H and O–H groups in total. The lowest BCUT2D eigenvalue weighted by Crippen LogP contribution is -2.16. The topological polar surface area (TPSA) is 79.5 Å². The van der Waals surface area contributed by atoms with E-state index in [0.29, 0.717) is 17.1 Å². The van der Waals surface area contributed by atoms with E-state index in [2.05, 4.69) is 0 Å². The van der Waals surface area contributed by atoms with Crippen molar-refractivity contribution in [1.29, 1.82) is 5.26 Å². The molecule has 0 amide bonds. The van der Waals surface area contributed by atoms with Crippen molar-refractivity contribution in [3.63, 3.8) is 0 Å². The summed E-state index contributed by atoms with van der Waals surface area (Å²) >= 11 is 0. The monoisotopic (exact) mass is 235 g/mol. The van der Waals surface area contributed by atoms with Crippen LogP contribution in [0.4, 0.5) is 0 Å². The average molecular weight is 235 g/mol. The largest absolute Gasteiger partial charge is 0.497 e. The fourth-order valence-electron chi connectivity index (χ4n) is 1.34. The van der Waals surface area contributed by atoms with Gasteiger partial charge < -0.3 is 14.6 Å². The van der Waals surface area contributed by atoms with Crippen molar-refractivity contribution < 1.29 is 19.4 Å². The Morgan fingerprint density at radius 2 is 2.12 bits per heavy atom. The first-order valence-electron chi connectivity index (χ1n) is 5.02. The van der Waals surface area contributed by atoms with E-state index >= 15 is 0 Å². The minimum Gasteiger partial charge on any atom is -0.497 e. The Balaban J connectivity index is 2.83. The number of carbonyl (C=O) groups is 1. The zero-order valence-electron chi connectivity index (χ0n) is 9.64. The Morgan fingerprint density at radius 3 is 2.65 bits per heavy atom. The second kappa shape index (κ2) is 5.75. The molecule has 1 rings (SSSR count). The maximum atomic E-state index is 10.5. The highest BCUT2D eigenvalue weighted by molar-refractivity contribution is 5.67. The molecule has 0 saturated heterocycles. The van der Waals surface area contributed by atoms with Crippen LogP contribution in [0.25, 0.3) is 0 Å². The SMILES string of the molecule is COc1cc(C#N)cc(O[C@@H](C)CC(=O)O)c1. The third kappa shape index (κ3) is 4.03. The van der Waals surface area contributed by atoms with Gasteiger partial charge in [0.1, 0.15) is 17.6 Å². The molecule has 0 bridgehead atoms. The van der Waals surface area contributed by atoms with Crippen LogP contribution in [0.2, 0.25) is 0 Å². The fraction of sp³-hybridized carbons (Fsp3) is 0.333. The minimum atomic E-state index is -0.930. The van der Waals surface area contributed by atoms with Crippen molar-refractivity contribution in [3.05, 3.63) is 23.8 Å². The number of nitrogens with zero attached hydrogens (tertiary/aromatic N) is 1. The van der Waals surface area contributed by atoms with E-state index in [0.717, 1.165) is 0 Å². The summed E-state index contributed by atoms with van der Waals surface area (Å²) in [6.45, 7) is 1.65. The predicted octanol–water partition coefficient (Wildman–Crippen LogP) is 1.81. The molecular formula is C12H13NO4. The van der Waals surface area contributed by atoms with Crippen LogP contribution in [0.15, 0.2) is 18.2 Å². The van der Waals surface area contributed by atoms with Gasteiger partial charge in [-0.05, 0) is 19.1 Å². The highest BCUT2D eigenvalue weighted by atomic mass is 16.5. The molecule has 0 heterocycles. The number of benzene rings is 1. The van der Waals surface area contributed by atoms with Crippen LogP contribution in [0.1, 0.15) is 18.9 Å². The molecule has 0 aliphatic heterocycles. The summed E-state index contributed by atoms with van der Waals surface area (Å²) in [5.74, 6) is -0.00266. The van der Waals surface area contributed by atoms with E-state index in [1.54, 1.807) is 25.1 Å². The van der Waals surface area contributed by atoms with Crippen LogP contribution >= 0.6 is 0 Å². The zero-order valence-corrected chi connectivity index (χ0v) is 9.64. The predicted molar refractivity (Wildman–Crippen MR) is 60.1 cm³/mol. The van der Waals surface area contributed by atoms with Crippen molar-refractivity contribution >= 4 is 5.97 Å². The lowest BCUT2D eigenvalue weighted by molar-refractivity contribution is -0.138. The third-order valence-electron chi connectivity index (χ3n) is 2.04. The molecule has 0 unspecified atom stereocenters. The van der Waals surface area contributed by atoms with Crippen LogP contribution in [0.5, 0.6) is 11.5 Å². The Hall–Kier alpha value is -2.22. The van der Waals surface area contributed by atoms with Gasteiger partial charge in [0.05, 0.1) is 25.2 Å². The van der Waals surface area contributed by atoms with E-state index in [1.165, 1.54) is 7.11 Å². The quantitative estimate of drug-likeness (QED) is 0.841. The van der Waals surface area contributed by atoms with Crippen LogP contribution < -0.4 is 9.47 Å². The van der Waals surface area contributed by atoms with Gasteiger partial charge >= 0.3 is 5.97 Å². The van der Waals surface area contributed by atoms with Gasteiger partial charge in [0.2, 0.25) is 0 Å². The summed E-state index contributed by atoms with van der Waals surface area (Å²) in [5.41, 5.74) is 0.405. The molecule has 0 aliphatic carbocycles. The van der Waals surface area contributed by atoms with Gasteiger partial charge in [0.15, 0.2) is 0 Å². The summed E-state index contributed by atoms with van der Waals surface area (Å²) in [7, 11) is 1.49. The van der Waals surface area contributed by atoms with Crippen molar-refractivity contribution in [3.8, 4) is 17.6 Å². The molecule has 5 heteroatoms. The molecule has 0 aliphatic rings. The number of methoxy groups -OCH3 is 1.